The number of hydrogen-bond donors (Lipinski definition) is 1. The zero-order chi connectivity index (χ0) is 14.7. The monoisotopic (exact) mass is 277 g/mol. The summed E-state index contributed by atoms with van der Waals surface area (Å²) in [5.41, 5.74) is 2.01. The van der Waals surface area contributed by atoms with E-state index in [-0.39, 0.29) is 18.4 Å². The second kappa shape index (κ2) is 6.05. The molecule has 5 nitrogen and oxygen atoms in total. The summed E-state index contributed by atoms with van der Waals surface area (Å²) in [6.07, 6.45) is 0. The van der Waals surface area contributed by atoms with E-state index in [4.69, 9.17) is 4.74 Å². The molecule has 1 amide bonds. The van der Waals surface area contributed by atoms with Crippen molar-refractivity contribution in [2.75, 3.05) is 20.2 Å². The molecule has 1 aliphatic heterocycles. The first-order chi connectivity index (χ1) is 9.52. The molecule has 5 heteroatoms. The minimum Gasteiger partial charge on any atom is -0.481 e. The lowest BCUT2D eigenvalue weighted by Gasteiger charge is -2.15. The minimum absolute atomic E-state index is 0.0743. The number of benzene rings is 1. The topological polar surface area (TPSA) is 66.8 Å². The van der Waals surface area contributed by atoms with Gasteiger partial charge in [0.2, 0.25) is 5.91 Å². The molecule has 1 aromatic carbocycles. The van der Waals surface area contributed by atoms with E-state index in [0.717, 1.165) is 11.1 Å². The number of likely N-dealkylation sites (tertiary alicyclic amines) is 1. The van der Waals surface area contributed by atoms with Crippen molar-refractivity contribution in [2.45, 2.75) is 19.4 Å². The van der Waals surface area contributed by atoms with E-state index < -0.39 is 11.9 Å². The van der Waals surface area contributed by atoms with Crippen molar-refractivity contribution in [1.82, 2.24) is 4.90 Å². The Kier molecular flexibility index (Phi) is 4.39. The van der Waals surface area contributed by atoms with Gasteiger partial charge in [-0.1, -0.05) is 24.3 Å². The number of aliphatic carboxylic acids is 1. The Morgan fingerprint density at radius 3 is 2.45 bits per heavy atom. The van der Waals surface area contributed by atoms with Gasteiger partial charge in [-0.05, 0) is 11.1 Å². The van der Waals surface area contributed by atoms with E-state index in [0.29, 0.717) is 13.2 Å². The van der Waals surface area contributed by atoms with Crippen molar-refractivity contribution >= 4 is 11.9 Å². The van der Waals surface area contributed by atoms with Crippen LogP contribution in [0.25, 0.3) is 0 Å². The highest BCUT2D eigenvalue weighted by Crippen LogP contribution is 2.33. The van der Waals surface area contributed by atoms with Gasteiger partial charge in [-0.3, -0.25) is 9.59 Å². The number of hydrogen-bond acceptors (Lipinski definition) is 3. The number of carbonyl (C=O) groups is 2. The Bertz CT molecular complexity index is 497. The van der Waals surface area contributed by atoms with Crippen LogP contribution in [0.1, 0.15) is 24.0 Å². The minimum atomic E-state index is -0.847. The van der Waals surface area contributed by atoms with Gasteiger partial charge >= 0.3 is 5.97 Å². The van der Waals surface area contributed by atoms with Gasteiger partial charge in [0, 0.05) is 33.0 Å². The molecule has 0 aliphatic carbocycles. The SMILES string of the molecule is COCc1ccc(C2CN(C(C)=O)CC2C(=O)O)cc1. The average molecular weight is 277 g/mol. The Balaban J connectivity index is 2.20. The second-order valence-corrected chi connectivity index (χ2v) is 5.15. The van der Waals surface area contributed by atoms with Crippen molar-refractivity contribution < 1.29 is 19.4 Å². The highest BCUT2D eigenvalue weighted by molar-refractivity contribution is 5.78. The Morgan fingerprint density at radius 1 is 1.30 bits per heavy atom. The third-order valence-electron chi connectivity index (χ3n) is 3.80. The van der Waals surface area contributed by atoms with Crippen molar-refractivity contribution in [3.8, 4) is 0 Å². The van der Waals surface area contributed by atoms with Crippen LogP contribution in [-0.4, -0.2) is 42.1 Å². The van der Waals surface area contributed by atoms with Gasteiger partial charge in [0.05, 0.1) is 12.5 Å². The fraction of sp³-hybridized carbons (Fsp3) is 0.467. The Morgan fingerprint density at radius 2 is 1.95 bits per heavy atom. The van der Waals surface area contributed by atoms with E-state index in [9.17, 15) is 14.7 Å². The number of ether oxygens (including phenoxy) is 1. The lowest BCUT2D eigenvalue weighted by atomic mass is 9.88. The van der Waals surface area contributed by atoms with Gasteiger partial charge < -0.3 is 14.7 Å². The van der Waals surface area contributed by atoms with Crippen LogP contribution in [0.3, 0.4) is 0 Å². The van der Waals surface area contributed by atoms with Crippen molar-refractivity contribution in [2.24, 2.45) is 5.92 Å². The summed E-state index contributed by atoms with van der Waals surface area (Å²) in [6, 6.07) is 7.74. The molecule has 20 heavy (non-hydrogen) atoms. The first-order valence-electron chi connectivity index (χ1n) is 6.59. The summed E-state index contributed by atoms with van der Waals surface area (Å²) >= 11 is 0. The van der Waals surface area contributed by atoms with Crippen LogP contribution < -0.4 is 0 Å². The van der Waals surface area contributed by atoms with Crippen molar-refractivity contribution in [3.05, 3.63) is 35.4 Å². The van der Waals surface area contributed by atoms with Gasteiger partial charge in [0.15, 0.2) is 0 Å². The smallest absolute Gasteiger partial charge is 0.308 e. The molecule has 1 aromatic rings. The molecule has 0 bridgehead atoms. The maximum absolute atomic E-state index is 11.4. The van der Waals surface area contributed by atoms with Crippen LogP contribution in [-0.2, 0) is 20.9 Å². The molecular formula is C15H19NO4. The number of amides is 1. The maximum Gasteiger partial charge on any atom is 0.308 e. The zero-order valence-electron chi connectivity index (χ0n) is 11.7. The van der Waals surface area contributed by atoms with Gasteiger partial charge in [-0.2, -0.15) is 0 Å². The van der Waals surface area contributed by atoms with E-state index in [2.05, 4.69) is 0 Å². The van der Waals surface area contributed by atoms with Crippen LogP contribution in [0.4, 0.5) is 0 Å². The number of carboxylic acid groups (broad SMARTS) is 1. The fourth-order valence-corrected chi connectivity index (χ4v) is 2.68. The molecule has 108 valence electrons. The highest BCUT2D eigenvalue weighted by atomic mass is 16.5. The molecule has 1 N–H and O–H groups in total. The first kappa shape index (κ1) is 14.5. The molecule has 1 aliphatic rings. The number of methoxy groups -OCH3 is 1. The van der Waals surface area contributed by atoms with Gasteiger partial charge in [0.1, 0.15) is 0 Å². The van der Waals surface area contributed by atoms with E-state index >= 15 is 0 Å². The van der Waals surface area contributed by atoms with Crippen LogP contribution in [0.15, 0.2) is 24.3 Å². The Hall–Kier alpha value is -1.88. The Labute approximate surface area is 118 Å². The van der Waals surface area contributed by atoms with Crippen molar-refractivity contribution in [1.29, 1.82) is 0 Å². The summed E-state index contributed by atoms with van der Waals surface area (Å²) in [5, 5.41) is 9.33. The lowest BCUT2D eigenvalue weighted by Crippen LogP contribution is -2.27. The van der Waals surface area contributed by atoms with Gasteiger partial charge in [0.25, 0.3) is 0 Å². The normalized spacial score (nSPS) is 22.0. The van der Waals surface area contributed by atoms with E-state index in [1.807, 2.05) is 24.3 Å². The van der Waals surface area contributed by atoms with Gasteiger partial charge in [-0.25, -0.2) is 0 Å². The van der Waals surface area contributed by atoms with Crippen LogP contribution in [0, 0.1) is 5.92 Å². The molecular weight excluding hydrogens is 258 g/mol. The summed E-state index contributed by atoms with van der Waals surface area (Å²) in [7, 11) is 1.63. The predicted octanol–water partition coefficient (Wildman–Crippen LogP) is 1.48. The maximum atomic E-state index is 11.4. The fourth-order valence-electron chi connectivity index (χ4n) is 2.68. The van der Waals surface area contributed by atoms with Gasteiger partial charge in [-0.15, -0.1) is 0 Å². The largest absolute Gasteiger partial charge is 0.481 e. The molecule has 1 saturated heterocycles. The van der Waals surface area contributed by atoms with E-state index in [1.54, 1.807) is 12.0 Å². The van der Waals surface area contributed by atoms with Crippen LogP contribution in [0.5, 0.6) is 0 Å². The highest BCUT2D eigenvalue weighted by Gasteiger charge is 2.39. The van der Waals surface area contributed by atoms with Crippen LogP contribution in [0.2, 0.25) is 0 Å². The molecule has 1 fully saturated rings. The predicted molar refractivity (Wildman–Crippen MR) is 73.3 cm³/mol. The summed E-state index contributed by atoms with van der Waals surface area (Å²) in [5.74, 6) is -1.60. The molecule has 0 aromatic heterocycles. The quantitative estimate of drug-likeness (QED) is 0.905. The third-order valence-corrected chi connectivity index (χ3v) is 3.80. The second-order valence-electron chi connectivity index (χ2n) is 5.15. The number of carboxylic acids is 1. The average Bonchev–Trinajstić information content (AvgIpc) is 2.85. The lowest BCUT2D eigenvalue weighted by molar-refractivity contribution is -0.141. The number of rotatable bonds is 4. The molecule has 0 saturated carbocycles. The van der Waals surface area contributed by atoms with Crippen LogP contribution >= 0.6 is 0 Å². The molecule has 2 rings (SSSR count). The number of nitrogens with zero attached hydrogens (tertiary/aromatic N) is 1. The standard InChI is InChI=1S/C15H19NO4/c1-10(17)16-7-13(14(8-16)15(18)19)12-5-3-11(4-6-12)9-20-2/h3-6,13-14H,7-9H2,1-2H3,(H,18,19). The molecule has 0 spiro atoms. The summed E-state index contributed by atoms with van der Waals surface area (Å²) in [6.45, 7) is 2.76. The molecule has 2 atom stereocenters. The summed E-state index contributed by atoms with van der Waals surface area (Å²) in [4.78, 5) is 24.4. The summed E-state index contributed by atoms with van der Waals surface area (Å²) < 4.78 is 5.05. The number of carbonyl (C=O) groups excluding carboxylic acids is 1. The molecule has 1 heterocycles. The van der Waals surface area contributed by atoms with E-state index in [1.165, 1.54) is 6.92 Å². The zero-order valence-corrected chi connectivity index (χ0v) is 11.7. The molecule has 0 radical (unpaired) electrons. The molecule has 2 unspecified atom stereocenters. The third kappa shape index (κ3) is 2.99. The first-order valence-corrected chi connectivity index (χ1v) is 6.59. The van der Waals surface area contributed by atoms with Crippen molar-refractivity contribution in [3.63, 3.8) is 0 Å².